The van der Waals surface area contributed by atoms with Gasteiger partial charge in [0.2, 0.25) is 5.91 Å². The summed E-state index contributed by atoms with van der Waals surface area (Å²) >= 11 is 5.75. The quantitative estimate of drug-likeness (QED) is 0.721. The van der Waals surface area contributed by atoms with Crippen molar-refractivity contribution in [2.75, 3.05) is 19.7 Å². The second kappa shape index (κ2) is 9.12. The molecule has 1 aliphatic rings. The van der Waals surface area contributed by atoms with Gasteiger partial charge in [-0.15, -0.1) is 0 Å². The number of likely N-dealkylation sites (tertiary alicyclic amines) is 1. The van der Waals surface area contributed by atoms with E-state index >= 15 is 0 Å². The van der Waals surface area contributed by atoms with E-state index in [1.807, 2.05) is 0 Å². The average Bonchev–Trinajstić information content (AvgIpc) is 2.90. The predicted octanol–water partition coefficient (Wildman–Crippen LogP) is 3.54. The lowest BCUT2D eigenvalue weighted by molar-refractivity contribution is -0.143. The van der Waals surface area contributed by atoms with Gasteiger partial charge in [0.05, 0.1) is 0 Å². The third kappa shape index (κ3) is 7.50. The number of ether oxygens (including phenoxy) is 1. The molecule has 1 aromatic carbocycles. The van der Waals surface area contributed by atoms with Crippen molar-refractivity contribution in [2.24, 2.45) is 5.92 Å². The Hall–Kier alpha value is -2.22. The number of hydrogen-bond acceptors (Lipinski definition) is 3. The van der Waals surface area contributed by atoms with Crippen LogP contribution in [0.2, 0.25) is 5.02 Å². The monoisotopic (exact) mass is 404 g/mol. The molecule has 9 heteroatoms. The SMILES string of the molecule is C=C(CCN1C[C@H](CC(F)(F)F)CC1=O)NC(=O)COc1ccc(Cl)cc1. The summed E-state index contributed by atoms with van der Waals surface area (Å²) < 4.78 is 42.6. The van der Waals surface area contributed by atoms with Crippen LogP contribution < -0.4 is 10.1 Å². The van der Waals surface area contributed by atoms with Crippen LogP contribution in [0.4, 0.5) is 13.2 Å². The molecule has 148 valence electrons. The Labute approximate surface area is 160 Å². The Balaban J connectivity index is 1.68. The van der Waals surface area contributed by atoms with Crippen LogP contribution in [0.3, 0.4) is 0 Å². The zero-order chi connectivity index (χ0) is 20.0. The maximum atomic E-state index is 12.4. The van der Waals surface area contributed by atoms with Gasteiger partial charge in [0, 0.05) is 43.1 Å². The van der Waals surface area contributed by atoms with Gasteiger partial charge in [0.15, 0.2) is 6.61 Å². The summed E-state index contributed by atoms with van der Waals surface area (Å²) in [5.74, 6) is -0.959. The third-order valence-corrected chi connectivity index (χ3v) is 4.25. The maximum Gasteiger partial charge on any atom is 0.389 e. The van der Waals surface area contributed by atoms with Crippen LogP contribution in [-0.4, -0.2) is 42.6 Å². The van der Waals surface area contributed by atoms with Crippen molar-refractivity contribution >= 4 is 23.4 Å². The molecule has 1 fully saturated rings. The van der Waals surface area contributed by atoms with Gasteiger partial charge in [0.1, 0.15) is 5.75 Å². The van der Waals surface area contributed by atoms with Crippen molar-refractivity contribution in [3.05, 3.63) is 41.6 Å². The normalized spacial score (nSPS) is 17.1. The van der Waals surface area contributed by atoms with Crippen LogP contribution in [0.5, 0.6) is 5.75 Å². The number of carbonyl (C=O) groups is 2. The van der Waals surface area contributed by atoms with Crippen LogP contribution in [-0.2, 0) is 9.59 Å². The molecule has 0 aromatic heterocycles. The Bertz CT molecular complexity index is 692. The van der Waals surface area contributed by atoms with Crippen molar-refractivity contribution in [3.8, 4) is 5.75 Å². The van der Waals surface area contributed by atoms with Gasteiger partial charge in [-0.3, -0.25) is 9.59 Å². The van der Waals surface area contributed by atoms with E-state index in [0.717, 1.165) is 0 Å². The van der Waals surface area contributed by atoms with Crippen molar-refractivity contribution in [3.63, 3.8) is 0 Å². The highest BCUT2D eigenvalue weighted by atomic mass is 35.5. The molecule has 1 N–H and O–H groups in total. The summed E-state index contributed by atoms with van der Waals surface area (Å²) in [6.07, 6.45) is -5.08. The maximum absolute atomic E-state index is 12.4. The van der Waals surface area contributed by atoms with Crippen molar-refractivity contribution in [2.45, 2.75) is 25.4 Å². The van der Waals surface area contributed by atoms with Crippen LogP contribution in [0.1, 0.15) is 19.3 Å². The zero-order valence-electron chi connectivity index (χ0n) is 14.5. The van der Waals surface area contributed by atoms with Gasteiger partial charge >= 0.3 is 6.18 Å². The van der Waals surface area contributed by atoms with E-state index in [4.69, 9.17) is 16.3 Å². The van der Waals surface area contributed by atoms with Crippen LogP contribution >= 0.6 is 11.6 Å². The lowest BCUT2D eigenvalue weighted by atomic mass is 10.1. The molecular weight excluding hydrogens is 385 g/mol. The molecule has 0 radical (unpaired) electrons. The highest BCUT2D eigenvalue weighted by molar-refractivity contribution is 6.30. The largest absolute Gasteiger partial charge is 0.484 e. The number of nitrogens with zero attached hydrogens (tertiary/aromatic N) is 1. The smallest absolute Gasteiger partial charge is 0.389 e. The van der Waals surface area contributed by atoms with Gasteiger partial charge in [-0.25, -0.2) is 0 Å². The molecule has 1 aromatic rings. The number of hydrogen-bond donors (Lipinski definition) is 1. The van der Waals surface area contributed by atoms with Gasteiger partial charge in [-0.1, -0.05) is 18.2 Å². The highest BCUT2D eigenvalue weighted by Crippen LogP contribution is 2.31. The third-order valence-electron chi connectivity index (χ3n) is 4.00. The summed E-state index contributed by atoms with van der Waals surface area (Å²) in [5, 5.41) is 3.10. The molecule has 1 aliphatic heterocycles. The molecular formula is C18H20ClF3N2O3. The summed E-state index contributed by atoms with van der Waals surface area (Å²) in [5.41, 5.74) is 0.367. The first kappa shape index (κ1) is 21.1. The van der Waals surface area contributed by atoms with Crippen LogP contribution in [0.15, 0.2) is 36.5 Å². The number of halogens is 4. The number of amides is 2. The van der Waals surface area contributed by atoms with Crippen molar-refractivity contribution in [1.82, 2.24) is 10.2 Å². The molecule has 1 saturated heterocycles. The van der Waals surface area contributed by atoms with Gasteiger partial charge in [0.25, 0.3) is 5.91 Å². The first-order valence-electron chi connectivity index (χ1n) is 8.33. The molecule has 27 heavy (non-hydrogen) atoms. The summed E-state index contributed by atoms with van der Waals surface area (Å²) in [6, 6.07) is 6.52. The topological polar surface area (TPSA) is 58.6 Å². The minimum Gasteiger partial charge on any atom is -0.484 e. The molecule has 1 heterocycles. The number of rotatable bonds is 8. The number of alkyl halides is 3. The van der Waals surface area contributed by atoms with E-state index < -0.39 is 24.4 Å². The number of carbonyl (C=O) groups excluding carboxylic acids is 2. The first-order valence-corrected chi connectivity index (χ1v) is 8.70. The van der Waals surface area contributed by atoms with Gasteiger partial charge in [-0.05, 0) is 30.2 Å². The summed E-state index contributed by atoms with van der Waals surface area (Å²) in [4.78, 5) is 25.0. The molecule has 5 nitrogen and oxygen atoms in total. The lowest BCUT2D eigenvalue weighted by Gasteiger charge is -2.18. The Kier molecular flexibility index (Phi) is 7.12. The highest BCUT2D eigenvalue weighted by Gasteiger charge is 2.38. The number of nitrogens with one attached hydrogen (secondary N) is 1. The molecule has 0 saturated carbocycles. The van der Waals surface area contributed by atoms with Gasteiger partial charge in [-0.2, -0.15) is 13.2 Å². The predicted molar refractivity (Wildman–Crippen MR) is 94.2 cm³/mol. The first-order chi connectivity index (χ1) is 12.6. The standard InChI is InChI=1S/C18H20ClF3N2O3/c1-12(23-16(25)11-27-15-4-2-14(19)3-5-15)6-7-24-10-13(8-17(24)26)9-18(20,21)22/h2-5,13H,1,6-11H2,(H,23,25)/t13-/m0/s1. The van der Waals surface area contributed by atoms with Crippen molar-refractivity contribution in [1.29, 1.82) is 0 Å². The van der Waals surface area contributed by atoms with E-state index in [-0.39, 0.29) is 38.4 Å². The summed E-state index contributed by atoms with van der Waals surface area (Å²) in [6.45, 7) is 3.76. The Morgan fingerprint density at radius 1 is 1.33 bits per heavy atom. The molecule has 1 atom stereocenters. The summed E-state index contributed by atoms with van der Waals surface area (Å²) in [7, 11) is 0. The fourth-order valence-electron chi connectivity index (χ4n) is 2.78. The van der Waals surface area contributed by atoms with E-state index in [1.165, 1.54) is 4.90 Å². The lowest BCUT2D eigenvalue weighted by Crippen LogP contribution is -2.31. The van der Waals surface area contributed by atoms with E-state index in [0.29, 0.717) is 16.5 Å². The van der Waals surface area contributed by atoms with E-state index in [1.54, 1.807) is 24.3 Å². The van der Waals surface area contributed by atoms with Crippen LogP contribution in [0, 0.1) is 5.92 Å². The Morgan fingerprint density at radius 2 is 2.00 bits per heavy atom. The fourth-order valence-corrected chi connectivity index (χ4v) is 2.91. The second-order valence-corrected chi connectivity index (χ2v) is 6.81. The minimum atomic E-state index is -4.28. The van der Waals surface area contributed by atoms with E-state index in [2.05, 4.69) is 11.9 Å². The second-order valence-electron chi connectivity index (χ2n) is 6.37. The van der Waals surface area contributed by atoms with Gasteiger partial charge < -0.3 is 15.0 Å². The molecule has 0 aliphatic carbocycles. The van der Waals surface area contributed by atoms with Crippen molar-refractivity contribution < 1.29 is 27.5 Å². The molecule has 0 spiro atoms. The molecule has 2 rings (SSSR count). The zero-order valence-corrected chi connectivity index (χ0v) is 15.3. The average molecular weight is 405 g/mol. The Morgan fingerprint density at radius 3 is 2.63 bits per heavy atom. The minimum absolute atomic E-state index is 0.0687. The van der Waals surface area contributed by atoms with Crippen LogP contribution in [0.25, 0.3) is 0 Å². The fraction of sp³-hybridized carbons (Fsp3) is 0.444. The molecule has 0 bridgehead atoms. The number of benzene rings is 1. The molecule has 0 unspecified atom stereocenters. The van der Waals surface area contributed by atoms with E-state index in [9.17, 15) is 22.8 Å². The molecule has 2 amide bonds.